The predicted molar refractivity (Wildman–Crippen MR) is 59.2 cm³/mol. The van der Waals surface area contributed by atoms with Crippen LogP contribution in [-0.2, 0) is 0 Å². The Bertz CT molecular complexity index is 326. The lowest BCUT2D eigenvalue weighted by molar-refractivity contribution is 0.111. The molecule has 1 aromatic rings. The molecule has 0 spiro atoms. The Morgan fingerprint density at radius 3 is 2.87 bits per heavy atom. The summed E-state index contributed by atoms with van der Waals surface area (Å²) < 4.78 is 10.6. The van der Waals surface area contributed by atoms with Gasteiger partial charge in [0.15, 0.2) is 17.8 Å². The van der Waals surface area contributed by atoms with Crippen LogP contribution in [0.25, 0.3) is 0 Å². The minimum absolute atomic E-state index is 0.477. The molecule has 1 rings (SSSR count). The number of methoxy groups -OCH3 is 1. The summed E-state index contributed by atoms with van der Waals surface area (Å²) in [6, 6.07) is 5.19. The number of benzene rings is 1. The summed E-state index contributed by atoms with van der Waals surface area (Å²) in [5.74, 6) is 1.58. The zero-order valence-electron chi connectivity index (χ0n) is 8.53. The zero-order valence-corrected chi connectivity index (χ0v) is 9.29. The third-order valence-electron chi connectivity index (χ3n) is 1.88. The van der Waals surface area contributed by atoms with Crippen LogP contribution in [0.5, 0.6) is 11.5 Å². The van der Waals surface area contributed by atoms with Gasteiger partial charge in [0.2, 0.25) is 0 Å². The standard InChI is InChI=1S/C11H13ClO3/c1-14-10-5-2-4-9(8-13)11(10)15-7-3-6-12/h2,4-5,8H,3,6-7H2,1H3. The van der Waals surface area contributed by atoms with Gasteiger partial charge in [-0.05, 0) is 18.6 Å². The number of halogens is 1. The molecule has 0 aromatic heterocycles. The molecule has 0 bridgehead atoms. The highest BCUT2D eigenvalue weighted by Crippen LogP contribution is 2.29. The van der Waals surface area contributed by atoms with E-state index in [1.165, 1.54) is 0 Å². The van der Waals surface area contributed by atoms with E-state index in [2.05, 4.69) is 0 Å². The van der Waals surface area contributed by atoms with Crippen LogP contribution in [0.1, 0.15) is 16.8 Å². The molecule has 1 aromatic carbocycles. The molecule has 0 unspecified atom stereocenters. The van der Waals surface area contributed by atoms with Gasteiger partial charge in [0.25, 0.3) is 0 Å². The first-order valence-electron chi connectivity index (χ1n) is 4.64. The molecule has 0 heterocycles. The monoisotopic (exact) mass is 228 g/mol. The number of aldehydes is 1. The molecular weight excluding hydrogens is 216 g/mol. The normalized spacial score (nSPS) is 9.73. The number of hydrogen-bond donors (Lipinski definition) is 0. The molecule has 0 aliphatic rings. The van der Waals surface area contributed by atoms with E-state index in [0.29, 0.717) is 29.5 Å². The van der Waals surface area contributed by atoms with Crippen molar-refractivity contribution in [2.75, 3.05) is 19.6 Å². The molecule has 0 aliphatic heterocycles. The first-order chi connectivity index (χ1) is 7.33. The topological polar surface area (TPSA) is 35.5 Å². The maximum absolute atomic E-state index is 10.8. The molecule has 0 radical (unpaired) electrons. The summed E-state index contributed by atoms with van der Waals surface area (Å²) in [7, 11) is 1.54. The summed E-state index contributed by atoms with van der Waals surface area (Å²) in [6.07, 6.45) is 1.48. The molecular formula is C11H13ClO3. The molecule has 82 valence electrons. The van der Waals surface area contributed by atoms with Crippen molar-refractivity contribution in [3.8, 4) is 11.5 Å². The Labute approximate surface area is 93.9 Å². The van der Waals surface area contributed by atoms with Gasteiger partial charge >= 0.3 is 0 Å². The number of carbonyl (C=O) groups excluding carboxylic acids is 1. The summed E-state index contributed by atoms with van der Waals surface area (Å²) in [6.45, 7) is 0.477. The summed E-state index contributed by atoms with van der Waals surface area (Å²) in [5, 5.41) is 0. The Morgan fingerprint density at radius 1 is 1.47 bits per heavy atom. The minimum atomic E-state index is 0.477. The molecule has 0 saturated heterocycles. The maximum Gasteiger partial charge on any atom is 0.171 e. The second-order valence-corrected chi connectivity index (χ2v) is 3.27. The Balaban J connectivity index is 2.85. The predicted octanol–water partition coefficient (Wildman–Crippen LogP) is 2.52. The van der Waals surface area contributed by atoms with Gasteiger partial charge in [-0.1, -0.05) is 6.07 Å². The quantitative estimate of drug-likeness (QED) is 0.426. The van der Waals surface area contributed by atoms with E-state index in [0.717, 1.165) is 12.7 Å². The highest BCUT2D eigenvalue weighted by molar-refractivity contribution is 6.17. The summed E-state index contributed by atoms with van der Waals surface area (Å²) in [4.78, 5) is 10.8. The van der Waals surface area contributed by atoms with Crippen molar-refractivity contribution in [3.05, 3.63) is 23.8 Å². The SMILES string of the molecule is COc1cccc(C=O)c1OCCCCl. The van der Waals surface area contributed by atoms with Crippen LogP contribution in [-0.4, -0.2) is 25.9 Å². The second-order valence-electron chi connectivity index (χ2n) is 2.89. The molecule has 0 saturated carbocycles. The van der Waals surface area contributed by atoms with Crippen molar-refractivity contribution < 1.29 is 14.3 Å². The number of rotatable bonds is 6. The molecule has 0 aliphatic carbocycles. The lowest BCUT2D eigenvalue weighted by atomic mass is 10.2. The highest BCUT2D eigenvalue weighted by atomic mass is 35.5. The summed E-state index contributed by atoms with van der Waals surface area (Å²) >= 11 is 5.53. The molecule has 0 N–H and O–H groups in total. The van der Waals surface area contributed by atoms with E-state index < -0.39 is 0 Å². The number of hydrogen-bond acceptors (Lipinski definition) is 3. The molecule has 0 atom stereocenters. The molecule has 0 fully saturated rings. The van der Waals surface area contributed by atoms with Crippen LogP contribution >= 0.6 is 11.6 Å². The number of ether oxygens (including phenoxy) is 2. The van der Waals surface area contributed by atoms with Gasteiger partial charge in [0.1, 0.15) is 0 Å². The van der Waals surface area contributed by atoms with Gasteiger partial charge in [0.05, 0.1) is 19.3 Å². The van der Waals surface area contributed by atoms with Crippen molar-refractivity contribution >= 4 is 17.9 Å². The van der Waals surface area contributed by atoms with E-state index in [1.807, 2.05) is 0 Å². The average molecular weight is 229 g/mol. The number of carbonyl (C=O) groups is 1. The fraction of sp³-hybridized carbons (Fsp3) is 0.364. The van der Waals surface area contributed by atoms with Crippen LogP contribution < -0.4 is 9.47 Å². The fourth-order valence-electron chi connectivity index (χ4n) is 1.17. The van der Waals surface area contributed by atoms with Crippen molar-refractivity contribution in [2.24, 2.45) is 0 Å². The summed E-state index contributed by atoms with van der Waals surface area (Å²) in [5.41, 5.74) is 0.490. The Kier molecular flexibility index (Phi) is 4.98. The Hall–Kier alpha value is -1.22. The van der Waals surface area contributed by atoms with Crippen LogP contribution in [0.2, 0.25) is 0 Å². The van der Waals surface area contributed by atoms with Gasteiger partial charge < -0.3 is 9.47 Å². The fourth-order valence-corrected chi connectivity index (χ4v) is 1.28. The van der Waals surface area contributed by atoms with Gasteiger partial charge in [-0.2, -0.15) is 0 Å². The molecule has 15 heavy (non-hydrogen) atoms. The number of para-hydroxylation sites is 1. The van der Waals surface area contributed by atoms with Gasteiger partial charge in [0, 0.05) is 5.88 Å². The largest absolute Gasteiger partial charge is 0.493 e. The highest BCUT2D eigenvalue weighted by Gasteiger charge is 2.09. The van der Waals surface area contributed by atoms with E-state index in [9.17, 15) is 4.79 Å². The second kappa shape index (κ2) is 6.30. The zero-order chi connectivity index (χ0) is 11.1. The van der Waals surface area contributed by atoms with Crippen LogP contribution in [0.3, 0.4) is 0 Å². The third-order valence-corrected chi connectivity index (χ3v) is 2.15. The van der Waals surface area contributed by atoms with Gasteiger partial charge in [-0.25, -0.2) is 0 Å². The van der Waals surface area contributed by atoms with Crippen LogP contribution in [0.15, 0.2) is 18.2 Å². The van der Waals surface area contributed by atoms with E-state index in [4.69, 9.17) is 21.1 Å². The third kappa shape index (κ3) is 3.13. The first-order valence-corrected chi connectivity index (χ1v) is 5.18. The maximum atomic E-state index is 10.8. The minimum Gasteiger partial charge on any atom is -0.493 e. The lowest BCUT2D eigenvalue weighted by Crippen LogP contribution is -2.02. The molecule has 3 nitrogen and oxygen atoms in total. The molecule has 0 amide bonds. The average Bonchev–Trinajstić information content (AvgIpc) is 2.29. The van der Waals surface area contributed by atoms with Crippen molar-refractivity contribution in [1.82, 2.24) is 0 Å². The smallest absolute Gasteiger partial charge is 0.171 e. The van der Waals surface area contributed by atoms with Crippen LogP contribution in [0.4, 0.5) is 0 Å². The van der Waals surface area contributed by atoms with Gasteiger partial charge in [-0.3, -0.25) is 4.79 Å². The molecule has 4 heteroatoms. The van der Waals surface area contributed by atoms with E-state index >= 15 is 0 Å². The lowest BCUT2D eigenvalue weighted by Gasteiger charge is -2.11. The van der Waals surface area contributed by atoms with E-state index in [1.54, 1.807) is 25.3 Å². The van der Waals surface area contributed by atoms with Crippen molar-refractivity contribution in [3.63, 3.8) is 0 Å². The van der Waals surface area contributed by atoms with Crippen LogP contribution in [0, 0.1) is 0 Å². The first kappa shape index (κ1) is 11.9. The number of alkyl halides is 1. The van der Waals surface area contributed by atoms with Gasteiger partial charge in [-0.15, -0.1) is 11.6 Å². The van der Waals surface area contributed by atoms with Crippen molar-refractivity contribution in [2.45, 2.75) is 6.42 Å². The Morgan fingerprint density at radius 2 is 2.27 bits per heavy atom. The van der Waals surface area contributed by atoms with Crippen molar-refractivity contribution in [1.29, 1.82) is 0 Å². The van der Waals surface area contributed by atoms with E-state index in [-0.39, 0.29) is 0 Å².